The number of anilines is 1. The van der Waals surface area contributed by atoms with E-state index in [2.05, 4.69) is 26.0 Å². The number of morpholine rings is 1. The predicted octanol–water partition coefficient (Wildman–Crippen LogP) is 2.61. The second-order valence-electron chi connectivity index (χ2n) is 8.12. The molecule has 3 heterocycles. The Labute approximate surface area is 187 Å². The minimum Gasteiger partial charge on any atom is -0.493 e. The third-order valence-corrected chi connectivity index (χ3v) is 5.41. The largest absolute Gasteiger partial charge is 0.493 e. The predicted molar refractivity (Wildman–Crippen MR) is 119 cm³/mol. The number of hydrogen-bond donors (Lipinski definition) is 0. The number of hydrogen-bond acceptors (Lipinski definition) is 7. The average Bonchev–Trinajstić information content (AvgIpc) is 3.16. The van der Waals surface area contributed by atoms with E-state index in [9.17, 15) is 4.39 Å². The van der Waals surface area contributed by atoms with Crippen molar-refractivity contribution < 1.29 is 13.9 Å². The summed E-state index contributed by atoms with van der Waals surface area (Å²) in [5, 5.41) is 4.67. The fourth-order valence-electron chi connectivity index (χ4n) is 3.67. The maximum atomic E-state index is 13.0. The summed E-state index contributed by atoms with van der Waals surface area (Å²) in [4.78, 5) is 13.0. The van der Waals surface area contributed by atoms with Crippen LogP contribution in [0.15, 0.2) is 42.7 Å². The van der Waals surface area contributed by atoms with Crippen LogP contribution in [0, 0.1) is 5.82 Å². The van der Waals surface area contributed by atoms with Crippen LogP contribution in [0.4, 0.5) is 10.3 Å². The molecule has 2 aromatic heterocycles. The number of benzene rings is 1. The molecular formula is C23H29FN6O2. The van der Waals surface area contributed by atoms with Gasteiger partial charge >= 0.3 is 0 Å². The third kappa shape index (κ3) is 5.60. The van der Waals surface area contributed by atoms with Crippen molar-refractivity contribution in [1.29, 1.82) is 0 Å². The van der Waals surface area contributed by atoms with Gasteiger partial charge < -0.3 is 14.4 Å². The summed E-state index contributed by atoms with van der Waals surface area (Å²) in [7, 11) is 5.79. The lowest BCUT2D eigenvalue weighted by Crippen LogP contribution is -2.38. The number of halogens is 1. The van der Waals surface area contributed by atoms with Gasteiger partial charge in [-0.25, -0.2) is 14.4 Å². The normalized spacial score (nSPS) is 16.8. The van der Waals surface area contributed by atoms with E-state index in [0.717, 1.165) is 36.6 Å². The minimum atomic E-state index is -0.270. The van der Waals surface area contributed by atoms with Gasteiger partial charge in [0.15, 0.2) is 0 Å². The molecule has 0 amide bonds. The summed E-state index contributed by atoms with van der Waals surface area (Å²) in [6, 6.07) is 8.14. The molecular weight excluding hydrogens is 411 g/mol. The molecule has 170 valence electrons. The Balaban J connectivity index is 1.32. The SMILES string of the molecule is CN(C)c1ncc(CN2CCOC(c3cc(CCOc4ccc(F)cc4)n(C)n3)C2)cn1. The molecule has 0 spiro atoms. The zero-order valence-electron chi connectivity index (χ0n) is 18.7. The molecule has 32 heavy (non-hydrogen) atoms. The molecule has 1 aliphatic rings. The lowest BCUT2D eigenvalue weighted by atomic mass is 10.1. The highest BCUT2D eigenvalue weighted by Crippen LogP contribution is 2.23. The van der Waals surface area contributed by atoms with Gasteiger partial charge in [-0.15, -0.1) is 0 Å². The zero-order chi connectivity index (χ0) is 22.5. The van der Waals surface area contributed by atoms with Gasteiger partial charge in [0.2, 0.25) is 5.95 Å². The molecule has 1 fully saturated rings. The molecule has 0 aliphatic carbocycles. The second kappa shape index (κ2) is 10.1. The lowest BCUT2D eigenvalue weighted by Gasteiger charge is -2.32. The van der Waals surface area contributed by atoms with Gasteiger partial charge in [0, 0.05) is 70.8 Å². The van der Waals surface area contributed by atoms with E-state index in [-0.39, 0.29) is 11.9 Å². The Morgan fingerprint density at radius 3 is 2.66 bits per heavy atom. The first-order valence-corrected chi connectivity index (χ1v) is 10.7. The molecule has 1 aromatic carbocycles. The van der Waals surface area contributed by atoms with Crippen LogP contribution in [0.25, 0.3) is 0 Å². The fourth-order valence-corrected chi connectivity index (χ4v) is 3.67. The quantitative estimate of drug-likeness (QED) is 0.533. The van der Waals surface area contributed by atoms with Gasteiger partial charge in [0.1, 0.15) is 17.7 Å². The molecule has 0 bridgehead atoms. The van der Waals surface area contributed by atoms with Crippen molar-refractivity contribution >= 4 is 5.95 Å². The van der Waals surface area contributed by atoms with Crippen molar-refractivity contribution in [3.05, 3.63) is 65.5 Å². The summed E-state index contributed by atoms with van der Waals surface area (Å²) in [5.74, 6) is 1.09. The molecule has 3 aromatic rings. The lowest BCUT2D eigenvalue weighted by molar-refractivity contribution is -0.0352. The van der Waals surface area contributed by atoms with Crippen LogP contribution in [0.1, 0.15) is 23.1 Å². The Hall–Kier alpha value is -3.04. The molecule has 4 rings (SSSR count). The summed E-state index contributed by atoms with van der Waals surface area (Å²) < 4.78 is 26.6. The molecule has 0 saturated carbocycles. The molecule has 1 saturated heterocycles. The van der Waals surface area contributed by atoms with Gasteiger partial charge in [0.25, 0.3) is 0 Å². The van der Waals surface area contributed by atoms with Crippen molar-refractivity contribution in [3.8, 4) is 5.75 Å². The Kier molecular flexibility index (Phi) is 6.96. The topological polar surface area (TPSA) is 68.5 Å². The van der Waals surface area contributed by atoms with Crippen molar-refractivity contribution in [2.45, 2.75) is 19.1 Å². The molecule has 9 heteroatoms. The van der Waals surface area contributed by atoms with Gasteiger partial charge in [-0.1, -0.05) is 0 Å². The van der Waals surface area contributed by atoms with Crippen molar-refractivity contribution in [2.24, 2.45) is 7.05 Å². The van der Waals surface area contributed by atoms with E-state index in [1.165, 1.54) is 12.1 Å². The average molecular weight is 441 g/mol. The van der Waals surface area contributed by atoms with E-state index >= 15 is 0 Å². The molecule has 1 aliphatic heterocycles. The van der Waals surface area contributed by atoms with Crippen LogP contribution in [0.2, 0.25) is 0 Å². The Morgan fingerprint density at radius 1 is 1.19 bits per heavy atom. The first-order valence-electron chi connectivity index (χ1n) is 10.7. The zero-order valence-corrected chi connectivity index (χ0v) is 18.7. The monoisotopic (exact) mass is 440 g/mol. The Bertz CT molecular complexity index is 1010. The molecule has 8 nitrogen and oxygen atoms in total. The van der Waals surface area contributed by atoms with Crippen LogP contribution in [0.3, 0.4) is 0 Å². The van der Waals surface area contributed by atoms with Gasteiger partial charge in [-0.3, -0.25) is 9.58 Å². The third-order valence-electron chi connectivity index (χ3n) is 5.41. The fraction of sp³-hybridized carbons (Fsp3) is 0.435. The van der Waals surface area contributed by atoms with E-state index in [1.807, 2.05) is 43.1 Å². The summed E-state index contributed by atoms with van der Waals surface area (Å²) in [5.41, 5.74) is 3.07. The van der Waals surface area contributed by atoms with E-state index in [0.29, 0.717) is 31.3 Å². The van der Waals surface area contributed by atoms with Crippen LogP contribution in [0.5, 0.6) is 5.75 Å². The van der Waals surface area contributed by atoms with Gasteiger partial charge in [0.05, 0.1) is 18.9 Å². The highest BCUT2D eigenvalue weighted by molar-refractivity contribution is 5.26. The molecule has 0 radical (unpaired) electrons. The first kappa shape index (κ1) is 22.2. The summed E-state index contributed by atoms with van der Waals surface area (Å²) in [6.07, 6.45) is 4.38. The van der Waals surface area contributed by atoms with Gasteiger partial charge in [-0.2, -0.15) is 5.10 Å². The molecule has 1 atom stereocenters. The number of aromatic nitrogens is 4. The minimum absolute atomic E-state index is 0.0799. The van der Waals surface area contributed by atoms with Crippen molar-refractivity contribution in [3.63, 3.8) is 0 Å². The number of ether oxygens (including phenoxy) is 2. The van der Waals surface area contributed by atoms with E-state index < -0.39 is 0 Å². The highest BCUT2D eigenvalue weighted by Gasteiger charge is 2.25. The Morgan fingerprint density at radius 2 is 1.94 bits per heavy atom. The van der Waals surface area contributed by atoms with Crippen molar-refractivity contribution in [2.75, 3.05) is 45.3 Å². The standard InChI is InChI=1S/C23H29FN6O2/c1-28(2)23-25-13-17(14-26-23)15-30-9-11-32-22(16-30)21-12-19(29(3)27-21)8-10-31-20-6-4-18(24)5-7-20/h4-7,12-14,22H,8-11,15-16H2,1-3H3. The smallest absolute Gasteiger partial charge is 0.224 e. The summed E-state index contributed by atoms with van der Waals surface area (Å²) >= 11 is 0. The number of rotatable bonds is 8. The van der Waals surface area contributed by atoms with Crippen molar-refractivity contribution in [1.82, 2.24) is 24.6 Å². The van der Waals surface area contributed by atoms with Crippen LogP contribution in [-0.2, 0) is 24.8 Å². The first-order chi connectivity index (χ1) is 15.5. The number of aryl methyl sites for hydroxylation is 1. The maximum Gasteiger partial charge on any atom is 0.224 e. The van der Waals surface area contributed by atoms with Crippen LogP contribution >= 0.6 is 0 Å². The van der Waals surface area contributed by atoms with Crippen LogP contribution < -0.4 is 9.64 Å². The molecule has 1 unspecified atom stereocenters. The highest BCUT2D eigenvalue weighted by atomic mass is 19.1. The second-order valence-corrected chi connectivity index (χ2v) is 8.12. The summed E-state index contributed by atoms with van der Waals surface area (Å²) in [6.45, 7) is 3.54. The molecule has 0 N–H and O–H groups in total. The van der Waals surface area contributed by atoms with E-state index in [1.54, 1.807) is 12.1 Å². The van der Waals surface area contributed by atoms with E-state index in [4.69, 9.17) is 9.47 Å². The maximum absolute atomic E-state index is 13.0. The van der Waals surface area contributed by atoms with Crippen LogP contribution in [-0.4, -0.2) is 65.0 Å². The number of nitrogens with zero attached hydrogens (tertiary/aromatic N) is 6. The van der Waals surface area contributed by atoms with Gasteiger partial charge in [-0.05, 0) is 30.3 Å².